The van der Waals surface area contributed by atoms with E-state index in [0.717, 1.165) is 4.31 Å². The van der Waals surface area contributed by atoms with Gasteiger partial charge in [0, 0.05) is 24.2 Å². The lowest BCUT2D eigenvalue weighted by molar-refractivity contribution is 0.0845. The van der Waals surface area contributed by atoms with Crippen LogP contribution >= 0.6 is 0 Å². The van der Waals surface area contributed by atoms with Crippen molar-refractivity contribution in [1.82, 2.24) is 8.61 Å². The minimum absolute atomic E-state index is 0.0933. The summed E-state index contributed by atoms with van der Waals surface area (Å²) in [5, 5.41) is 0. The zero-order chi connectivity index (χ0) is 20.6. The summed E-state index contributed by atoms with van der Waals surface area (Å²) in [6.45, 7) is 4.47. The Morgan fingerprint density at radius 2 is 1.50 bits per heavy atom. The van der Waals surface area contributed by atoms with Gasteiger partial charge in [-0.1, -0.05) is 50.2 Å². The second-order valence-corrected chi connectivity index (χ2v) is 8.25. The first-order chi connectivity index (χ1) is 13.5. The first kappa shape index (κ1) is 21.9. The van der Waals surface area contributed by atoms with E-state index in [2.05, 4.69) is 0 Å². The number of para-hydroxylation sites is 1. The van der Waals surface area contributed by atoms with Gasteiger partial charge in [0.25, 0.3) is 5.91 Å². The van der Waals surface area contributed by atoms with Gasteiger partial charge in [-0.15, -0.1) is 0 Å². The number of hydrogen-bond acceptors (Lipinski definition) is 4. The normalized spacial score (nSPS) is 11.4. The minimum atomic E-state index is -4.00. The molecule has 0 atom stereocenters. The van der Waals surface area contributed by atoms with E-state index in [1.54, 1.807) is 54.6 Å². The molecule has 0 bridgehead atoms. The molecule has 152 valence electrons. The molecule has 2 aromatic carbocycles. The van der Waals surface area contributed by atoms with Crippen LogP contribution in [0.5, 0.6) is 5.75 Å². The third-order valence-electron chi connectivity index (χ3n) is 4.30. The van der Waals surface area contributed by atoms with Gasteiger partial charge in [-0.2, -0.15) is 12.7 Å². The fourth-order valence-electron chi connectivity index (χ4n) is 2.95. The summed E-state index contributed by atoms with van der Waals surface area (Å²) in [6.07, 6.45) is 1.34. The van der Waals surface area contributed by atoms with Crippen molar-refractivity contribution in [3.63, 3.8) is 0 Å². The van der Waals surface area contributed by atoms with Crippen LogP contribution in [0.15, 0.2) is 54.6 Å². The Kier molecular flexibility index (Phi) is 8.02. The van der Waals surface area contributed by atoms with Gasteiger partial charge >= 0.3 is 10.2 Å². The quantitative estimate of drug-likeness (QED) is 0.605. The lowest BCUT2D eigenvalue weighted by Gasteiger charge is -2.30. The third-order valence-corrected chi connectivity index (χ3v) is 6.17. The fraction of sp³-hybridized carbons (Fsp3) is 0.381. The van der Waals surface area contributed by atoms with Gasteiger partial charge in [-0.05, 0) is 31.0 Å². The topological polar surface area (TPSA) is 66.9 Å². The van der Waals surface area contributed by atoms with E-state index >= 15 is 0 Å². The van der Waals surface area contributed by atoms with Gasteiger partial charge < -0.3 is 4.74 Å². The highest BCUT2D eigenvalue weighted by molar-refractivity contribution is 7.87. The summed E-state index contributed by atoms with van der Waals surface area (Å²) < 4.78 is 34.5. The molecular formula is C21H28N2O4S. The van der Waals surface area contributed by atoms with Crippen molar-refractivity contribution in [2.45, 2.75) is 33.2 Å². The van der Waals surface area contributed by atoms with Crippen LogP contribution in [0.4, 0.5) is 0 Å². The average Bonchev–Trinajstić information content (AvgIpc) is 2.72. The maximum absolute atomic E-state index is 13.4. The van der Waals surface area contributed by atoms with Crippen LogP contribution in [-0.2, 0) is 16.8 Å². The summed E-state index contributed by atoms with van der Waals surface area (Å²) in [7, 11) is -2.47. The number of nitrogens with zero attached hydrogens (tertiary/aromatic N) is 2. The predicted octanol–water partition coefficient (Wildman–Crippen LogP) is 3.70. The number of rotatable bonds is 10. The molecule has 0 fully saturated rings. The first-order valence-corrected chi connectivity index (χ1v) is 10.8. The highest BCUT2D eigenvalue weighted by atomic mass is 32.2. The predicted molar refractivity (Wildman–Crippen MR) is 110 cm³/mol. The highest BCUT2D eigenvalue weighted by Crippen LogP contribution is 2.24. The third kappa shape index (κ3) is 5.11. The van der Waals surface area contributed by atoms with Crippen LogP contribution in [0.25, 0.3) is 0 Å². The number of carbonyl (C=O) groups is 1. The van der Waals surface area contributed by atoms with Crippen LogP contribution in [-0.4, -0.2) is 43.1 Å². The molecule has 0 spiro atoms. The van der Waals surface area contributed by atoms with Gasteiger partial charge in [0.2, 0.25) is 0 Å². The summed E-state index contributed by atoms with van der Waals surface area (Å²) in [5.74, 6) is -0.00944. The van der Waals surface area contributed by atoms with Crippen molar-refractivity contribution < 1.29 is 17.9 Å². The zero-order valence-electron chi connectivity index (χ0n) is 16.7. The summed E-state index contributed by atoms with van der Waals surface area (Å²) in [4.78, 5) is 13.2. The Hall–Kier alpha value is -2.38. The summed E-state index contributed by atoms with van der Waals surface area (Å²) in [6, 6.07) is 15.6. The molecular weight excluding hydrogens is 376 g/mol. The van der Waals surface area contributed by atoms with Crippen LogP contribution in [0, 0.1) is 0 Å². The van der Waals surface area contributed by atoms with Gasteiger partial charge in [0.15, 0.2) is 0 Å². The lowest BCUT2D eigenvalue weighted by Crippen LogP contribution is -2.47. The Morgan fingerprint density at radius 1 is 0.929 bits per heavy atom. The summed E-state index contributed by atoms with van der Waals surface area (Å²) >= 11 is 0. The van der Waals surface area contributed by atoms with Crippen molar-refractivity contribution in [2.24, 2.45) is 0 Å². The Balaban J connectivity index is 2.50. The van der Waals surface area contributed by atoms with E-state index in [0.29, 0.717) is 42.8 Å². The number of amides is 1. The largest absolute Gasteiger partial charge is 0.496 e. The van der Waals surface area contributed by atoms with Crippen LogP contribution < -0.4 is 4.74 Å². The number of carbonyl (C=O) groups excluding carboxylic acids is 1. The molecule has 2 rings (SSSR count). The van der Waals surface area contributed by atoms with Crippen molar-refractivity contribution in [3.8, 4) is 5.75 Å². The molecule has 0 N–H and O–H groups in total. The molecule has 0 aliphatic rings. The second-order valence-electron chi connectivity index (χ2n) is 6.40. The van der Waals surface area contributed by atoms with E-state index in [1.165, 1.54) is 11.4 Å². The van der Waals surface area contributed by atoms with E-state index in [4.69, 9.17) is 4.74 Å². The Labute approximate surface area is 167 Å². The van der Waals surface area contributed by atoms with Crippen molar-refractivity contribution in [3.05, 3.63) is 65.7 Å². The molecule has 0 saturated heterocycles. The number of ether oxygens (including phenoxy) is 1. The lowest BCUT2D eigenvalue weighted by atomic mass is 10.2. The minimum Gasteiger partial charge on any atom is -0.496 e. The van der Waals surface area contributed by atoms with Crippen LogP contribution in [0.2, 0.25) is 0 Å². The molecule has 6 nitrogen and oxygen atoms in total. The van der Waals surface area contributed by atoms with Gasteiger partial charge in [-0.3, -0.25) is 4.79 Å². The van der Waals surface area contributed by atoms with Crippen LogP contribution in [0.3, 0.4) is 0 Å². The molecule has 0 saturated carbocycles. The van der Waals surface area contributed by atoms with E-state index in [-0.39, 0.29) is 6.54 Å². The van der Waals surface area contributed by atoms with Gasteiger partial charge in [0.1, 0.15) is 5.75 Å². The second kappa shape index (κ2) is 10.2. The van der Waals surface area contributed by atoms with Crippen molar-refractivity contribution in [2.75, 3.05) is 20.2 Å². The SMILES string of the molecule is CCCN(CCC)S(=O)(=O)N(Cc1ccccc1OC)C(=O)c1ccccc1. The molecule has 0 heterocycles. The molecule has 0 unspecified atom stereocenters. The molecule has 7 heteroatoms. The smallest absolute Gasteiger partial charge is 0.306 e. The Bertz CT molecular complexity index is 863. The van der Waals surface area contributed by atoms with E-state index < -0.39 is 16.1 Å². The maximum atomic E-state index is 13.4. The van der Waals surface area contributed by atoms with E-state index in [1.807, 2.05) is 13.8 Å². The first-order valence-electron chi connectivity index (χ1n) is 9.44. The highest BCUT2D eigenvalue weighted by Gasteiger charge is 2.34. The number of benzene rings is 2. The molecule has 28 heavy (non-hydrogen) atoms. The number of methoxy groups -OCH3 is 1. The average molecular weight is 405 g/mol. The molecule has 0 radical (unpaired) electrons. The maximum Gasteiger partial charge on any atom is 0.306 e. The van der Waals surface area contributed by atoms with Gasteiger partial charge in [0.05, 0.1) is 13.7 Å². The standard InChI is InChI=1S/C21H28N2O4S/c1-4-15-22(16-5-2)28(25,26)23(21(24)18-11-7-6-8-12-18)17-19-13-9-10-14-20(19)27-3/h6-14H,4-5,15-17H2,1-3H3. The molecule has 0 aliphatic heterocycles. The van der Waals surface area contributed by atoms with Crippen molar-refractivity contribution >= 4 is 16.1 Å². The van der Waals surface area contributed by atoms with E-state index in [9.17, 15) is 13.2 Å². The van der Waals surface area contributed by atoms with Gasteiger partial charge in [-0.25, -0.2) is 4.31 Å². The monoisotopic (exact) mass is 404 g/mol. The summed E-state index contributed by atoms with van der Waals surface area (Å²) in [5.41, 5.74) is 0.958. The fourth-order valence-corrected chi connectivity index (χ4v) is 4.67. The molecule has 1 amide bonds. The molecule has 2 aromatic rings. The molecule has 0 aliphatic carbocycles. The van der Waals surface area contributed by atoms with Crippen molar-refractivity contribution in [1.29, 1.82) is 0 Å². The molecule has 0 aromatic heterocycles. The number of hydrogen-bond donors (Lipinski definition) is 0. The van der Waals surface area contributed by atoms with Crippen LogP contribution in [0.1, 0.15) is 42.6 Å². The zero-order valence-corrected chi connectivity index (χ0v) is 17.5. The Morgan fingerprint density at radius 3 is 2.07 bits per heavy atom.